The molecule has 9 heteroatoms. The van der Waals surface area contributed by atoms with E-state index in [9.17, 15) is 23.8 Å². The average molecular weight is 482 g/mol. The standard InChI is InChI=1S/C24H26ClF2NO5/c25-15-4-1-3-14(9-15)12-33-24(23(31)28-16-7-8-16)10-20(29)22(30)21(11-24)32-13-17-18(26)5-2-6-19(17)27/h1-6,9,16,20-22,29-30H,7-8,10-13H2,(H,28,31)/t20-,21?,22-,24+/m1/s1. The minimum atomic E-state index is -1.50. The number of hydrogen-bond acceptors (Lipinski definition) is 5. The number of benzene rings is 2. The van der Waals surface area contributed by atoms with Crippen molar-refractivity contribution < 1.29 is 33.3 Å². The summed E-state index contributed by atoms with van der Waals surface area (Å²) in [5.74, 6) is -1.98. The Bertz CT molecular complexity index is 984. The smallest absolute Gasteiger partial charge is 0.252 e. The van der Waals surface area contributed by atoms with Crippen molar-refractivity contribution in [2.24, 2.45) is 0 Å². The number of nitrogens with one attached hydrogen (secondary N) is 1. The lowest BCUT2D eigenvalue weighted by Crippen LogP contribution is -2.60. The summed E-state index contributed by atoms with van der Waals surface area (Å²) < 4.78 is 39.8. The van der Waals surface area contributed by atoms with Crippen LogP contribution in [0.3, 0.4) is 0 Å². The second kappa shape index (κ2) is 10.0. The van der Waals surface area contributed by atoms with Gasteiger partial charge in [-0.1, -0.05) is 29.8 Å². The fourth-order valence-electron chi connectivity index (χ4n) is 4.02. The lowest BCUT2D eigenvalue weighted by molar-refractivity contribution is -0.200. The summed E-state index contributed by atoms with van der Waals surface area (Å²) in [6, 6.07) is 10.5. The first-order chi connectivity index (χ1) is 15.8. The fourth-order valence-corrected chi connectivity index (χ4v) is 4.23. The summed E-state index contributed by atoms with van der Waals surface area (Å²) in [5, 5.41) is 24.5. The third-order valence-corrected chi connectivity index (χ3v) is 6.31. The number of ether oxygens (including phenoxy) is 2. The van der Waals surface area contributed by atoms with Gasteiger partial charge in [-0.2, -0.15) is 0 Å². The maximum Gasteiger partial charge on any atom is 0.252 e. The van der Waals surface area contributed by atoms with E-state index in [0.717, 1.165) is 30.5 Å². The van der Waals surface area contributed by atoms with E-state index in [1.165, 1.54) is 6.07 Å². The molecular weight excluding hydrogens is 456 g/mol. The van der Waals surface area contributed by atoms with Gasteiger partial charge in [0.2, 0.25) is 0 Å². The first kappa shape index (κ1) is 24.0. The Balaban J connectivity index is 1.54. The monoisotopic (exact) mass is 481 g/mol. The highest BCUT2D eigenvalue weighted by Gasteiger charge is 2.52. The Morgan fingerprint density at radius 1 is 1.09 bits per heavy atom. The summed E-state index contributed by atoms with van der Waals surface area (Å²) in [6.45, 7) is -0.433. The number of hydrogen-bond donors (Lipinski definition) is 3. The summed E-state index contributed by atoms with van der Waals surface area (Å²) in [6.07, 6.45) is -2.31. The van der Waals surface area contributed by atoms with E-state index in [-0.39, 0.29) is 31.1 Å². The van der Waals surface area contributed by atoms with Gasteiger partial charge in [-0.05, 0) is 42.7 Å². The van der Waals surface area contributed by atoms with Gasteiger partial charge >= 0.3 is 0 Å². The maximum absolute atomic E-state index is 14.0. The summed E-state index contributed by atoms with van der Waals surface area (Å²) >= 11 is 6.04. The third kappa shape index (κ3) is 5.70. The van der Waals surface area contributed by atoms with Gasteiger partial charge in [0.05, 0.1) is 25.4 Å². The molecule has 178 valence electrons. The van der Waals surface area contributed by atoms with E-state index in [0.29, 0.717) is 5.02 Å². The van der Waals surface area contributed by atoms with E-state index in [1.54, 1.807) is 24.3 Å². The quantitative estimate of drug-likeness (QED) is 0.538. The molecule has 3 N–H and O–H groups in total. The predicted octanol–water partition coefficient (Wildman–Crippen LogP) is 3.25. The van der Waals surface area contributed by atoms with E-state index < -0.39 is 48.1 Å². The van der Waals surface area contributed by atoms with Crippen LogP contribution in [0.4, 0.5) is 8.78 Å². The molecule has 33 heavy (non-hydrogen) atoms. The normalized spacial score (nSPS) is 27.4. The first-order valence-electron chi connectivity index (χ1n) is 10.9. The number of amides is 1. The minimum absolute atomic E-state index is 0.0378. The lowest BCUT2D eigenvalue weighted by atomic mass is 9.78. The number of carbonyl (C=O) groups excluding carboxylic acids is 1. The topological polar surface area (TPSA) is 88.0 Å². The molecule has 2 saturated carbocycles. The van der Waals surface area contributed by atoms with Gasteiger partial charge in [-0.3, -0.25) is 4.79 Å². The molecule has 0 saturated heterocycles. The van der Waals surface area contributed by atoms with Crippen LogP contribution in [0.1, 0.15) is 36.8 Å². The molecule has 0 radical (unpaired) electrons. The molecule has 2 fully saturated rings. The zero-order valence-corrected chi connectivity index (χ0v) is 18.6. The molecule has 0 aliphatic heterocycles. The van der Waals surface area contributed by atoms with Crippen LogP contribution in [-0.2, 0) is 27.5 Å². The average Bonchev–Trinajstić information content (AvgIpc) is 3.59. The SMILES string of the molecule is O=C(NC1CC1)[C@@]1(OCc2cccc(Cl)c2)CC(OCc2c(F)cccc2F)[C@H](O)[C@H](O)C1. The molecule has 0 heterocycles. The molecule has 2 aromatic carbocycles. The Labute approximate surface area is 195 Å². The van der Waals surface area contributed by atoms with Gasteiger partial charge < -0.3 is 25.0 Å². The fraction of sp³-hybridized carbons (Fsp3) is 0.458. The number of aliphatic hydroxyl groups is 2. The second-order valence-electron chi connectivity index (χ2n) is 8.68. The van der Waals surface area contributed by atoms with Crippen molar-refractivity contribution in [1.82, 2.24) is 5.32 Å². The van der Waals surface area contributed by atoms with Crippen LogP contribution in [-0.4, -0.2) is 46.1 Å². The van der Waals surface area contributed by atoms with Crippen molar-refractivity contribution in [3.8, 4) is 0 Å². The first-order valence-corrected chi connectivity index (χ1v) is 11.3. The van der Waals surface area contributed by atoms with Crippen molar-refractivity contribution in [2.75, 3.05) is 0 Å². The summed E-state index contributed by atoms with van der Waals surface area (Å²) in [5.41, 5.74) is -1.06. The Kier molecular flexibility index (Phi) is 7.31. The van der Waals surface area contributed by atoms with Crippen molar-refractivity contribution >= 4 is 17.5 Å². The molecule has 4 atom stereocenters. The van der Waals surface area contributed by atoms with Gasteiger partial charge in [-0.25, -0.2) is 8.78 Å². The van der Waals surface area contributed by atoms with Gasteiger partial charge in [0.15, 0.2) is 5.60 Å². The molecule has 2 aliphatic rings. The molecular formula is C24H26ClF2NO5. The number of halogens is 3. The molecule has 4 rings (SSSR count). The number of aliphatic hydroxyl groups excluding tert-OH is 2. The lowest BCUT2D eigenvalue weighted by Gasteiger charge is -2.44. The van der Waals surface area contributed by atoms with Crippen molar-refractivity contribution in [1.29, 1.82) is 0 Å². The van der Waals surface area contributed by atoms with Crippen molar-refractivity contribution in [2.45, 2.75) is 68.9 Å². The minimum Gasteiger partial charge on any atom is -0.390 e. The van der Waals surface area contributed by atoms with Crippen LogP contribution in [0.25, 0.3) is 0 Å². The molecule has 2 aromatic rings. The van der Waals surface area contributed by atoms with E-state index in [1.807, 2.05) is 0 Å². The second-order valence-corrected chi connectivity index (χ2v) is 9.11. The van der Waals surface area contributed by atoms with Crippen LogP contribution in [0.5, 0.6) is 0 Å². The van der Waals surface area contributed by atoms with E-state index in [2.05, 4.69) is 5.32 Å². The zero-order valence-electron chi connectivity index (χ0n) is 17.8. The van der Waals surface area contributed by atoms with Crippen molar-refractivity contribution in [3.05, 3.63) is 70.2 Å². The van der Waals surface area contributed by atoms with Gasteiger partial charge in [0, 0.05) is 29.5 Å². The zero-order chi connectivity index (χ0) is 23.6. The molecule has 6 nitrogen and oxygen atoms in total. The Morgan fingerprint density at radius 3 is 2.45 bits per heavy atom. The van der Waals surface area contributed by atoms with Crippen LogP contribution >= 0.6 is 11.6 Å². The van der Waals surface area contributed by atoms with Gasteiger partial charge in [0.1, 0.15) is 17.7 Å². The largest absolute Gasteiger partial charge is 0.390 e. The van der Waals surface area contributed by atoms with E-state index >= 15 is 0 Å². The highest BCUT2D eigenvalue weighted by Crippen LogP contribution is 2.37. The van der Waals surface area contributed by atoms with Crippen LogP contribution in [0.2, 0.25) is 5.02 Å². The predicted molar refractivity (Wildman–Crippen MR) is 116 cm³/mol. The van der Waals surface area contributed by atoms with Crippen LogP contribution in [0, 0.1) is 11.6 Å². The molecule has 1 unspecified atom stereocenters. The molecule has 1 amide bonds. The highest BCUT2D eigenvalue weighted by atomic mass is 35.5. The Morgan fingerprint density at radius 2 is 1.79 bits per heavy atom. The van der Waals surface area contributed by atoms with Crippen molar-refractivity contribution in [3.63, 3.8) is 0 Å². The number of carbonyl (C=O) groups is 1. The summed E-state index contributed by atoms with van der Waals surface area (Å²) in [7, 11) is 0. The summed E-state index contributed by atoms with van der Waals surface area (Å²) in [4.78, 5) is 13.2. The maximum atomic E-state index is 14.0. The Hall–Kier alpha value is -2.10. The van der Waals surface area contributed by atoms with Crippen LogP contribution in [0.15, 0.2) is 42.5 Å². The molecule has 2 aliphatic carbocycles. The molecule has 0 bridgehead atoms. The number of rotatable bonds is 8. The van der Waals surface area contributed by atoms with Gasteiger partial charge in [0.25, 0.3) is 5.91 Å². The van der Waals surface area contributed by atoms with Gasteiger partial charge in [-0.15, -0.1) is 0 Å². The van der Waals surface area contributed by atoms with E-state index in [4.69, 9.17) is 21.1 Å². The van der Waals surface area contributed by atoms with Crippen LogP contribution < -0.4 is 5.32 Å². The third-order valence-electron chi connectivity index (χ3n) is 6.08. The molecule has 0 spiro atoms. The highest BCUT2D eigenvalue weighted by molar-refractivity contribution is 6.30. The molecule has 0 aromatic heterocycles.